The molecule has 0 aliphatic carbocycles. The van der Waals surface area contributed by atoms with Crippen molar-refractivity contribution in [1.29, 1.82) is 0 Å². The minimum atomic E-state index is -0.235. The minimum Gasteiger partial charge on any atom is -0.353 e. The number of fused-ring (bicyclic) bond motifs is 4. The molecule has 0 amide bonds. The molecule has 0 unspecified atom stereocenters. The quantitative estimate of drug-likeness (QED) is 0.224. The van der Waals surface area contributed by atoms with Gasteiger partial charge in [0.15, 0.2) is 0 Å². The van der Waals surface area contributed by atoms with Gasteiger partial charge in [-0.25, -0.2) is 4.98 Å². The molecule has 5 aromatic rings. The minimum absolute atomic E-state index is 0.229. The molecule has 0 spiro atoms. The molecule has 0 bridgehead atoms. The van der Waals surface area contributed by atoms with Crippen molar-refractivity contribution in [1.82, 2.24) is 4.98 Å². The van der Waals surface area contributed by atoms with Gasteiger partial charge < -0.3 is 10.6 Å². The Balaban J connectivity index is 1.22. The predicted molar refractivity (Wildman–Crippen MR) is 152 cm³/mol. The van der Waals surface area contributed by atoms with Crippen molar-refractivity contribution in [2.24, 2.45) is 0 Å². The van der Waals surface area contributed by atoms with Gasteiger partial charge in [-0.1, -0.05) is 66.0 Å². The van der Waals surface area contributed by atoms with E-state index in [4.69, 9.17) is 0 Å². The molecule has 2 N–H and O–H groups in total. The van der Waals surface area contributed by atoms with Gasteiger partial charge in [-0.2, -0.15) is 0 Å². The van der Waals surface area contributed by atoms with E-state index in [0.717, 1.165) is 42.3 Å². The monoisotopic (exact) mass is 529 g/mol. The van der Waals surface area contributed by atoms with Crippen LogP contribution >= 0.6 is 23.5 Å². The summed E-state index contributed by atoms with van der Waals surface area (Å²) < 4.78 is 0. The number of aromatic nitrogens is 1. The fourth-order valence-electron chi connectivity index (χ4n) is 4.66. The number of benzene rings is 4. The number of hydrogen-bond donors (Lipinski definition) is 2. The third kappa shape index (κ3) is 3.88. The second-order valence-electron chi connectivity index (χ2n) is 8.87. The van der Waals surface area contributed by atoms with Gasteiger partial charge in [0.25, 0.3) is 0 Å². The Morgan fingerprint density at radius 2 is 0.921 bits per heavy atom. The molecular weight excluding hydrogens is 510 g/mol. The van der Waals surface area contributed by atoms with E-state index >= 15 is 0 Å². The average molecular weight is 530 g/mol. The van der Waals surface area contributed by atoms with Crippen molar-refractivity contribution in [2.75, 3.05) is 10.6 Å². The number of nitrogens with one attached hydrogen (secondary N) is 2. The number of rotatable bonds is 4. The second kappa shape index (κ2) is 9.20. The summed E-state index contributed by atoms with van der Waals surface area (Å²) in [5.41, 5.74) is 4.95. The molecule has 0 fully saturated rings. The number of para-hydroxylation sites is 4. The molecule has 3 heterocycles. The molecule has 7 rings (SSSR count). The first-order valence-corrected chi connectivity index (χ1v) is 13.7. The van der Waals surface area contributed by atoms with Crippen molar-refractivity contribution < 1.29 is 9.59 Å². The van der Waals surface area contributed by atoms with Crippen LogP contribution in [-0.2, 0) is 0 Å². The van der Waals surface area contributed by atoms with Crippen molar-refractivity contribution >= 4 is 57.8 Å². The first-order chi connectivity index (χ1) is 18.7. The highest BCUT2D eigenvalue weighted by molar-refractivity contribution is 8.00. The van der Waals surface area contributed by atoms with Gasteiger partial charge in [0.1, 0.15) is 11.4 Å². The molecule has 0 saturated carbocycles. The molecule has 4 aromatic carbocycles. The summed E-state index contributed by atoms with van der Waals surface area (Å²) in [6.45, 7) is 0. The first kappa shape index (κ1) is 22.8. The fraction of sp³-hybridized carbons (Fsp3) is 0. The van der Waals surface area contributed by atoms with Gasteiger partial charge in [-0.3, -0.25) is 9.59 Å². The Hall–Kier alpha value is -4.33. The van der Waals surface area contributed by atoms with Crippen LogP contribution in [0.4, 0.5) is 22.7 Å². The van der Waals surface area contributed by atoms with Gasteiger partial charge in [-0.15, -0.1) is 0 Å². The number of pyridine rings is 1. The lowest BCUT2D eigenvalue weighted by molar-refractivity contribution is 0.103. The molecule has 38 heavy (non-hydrogen) atoms. The van der Waals surface area contributed by atoms with E-state index in [9.17, 15) is 9.59 Å². The lowest BCUT2D eigenvalue weighted by atomic mass is 10.0. The molecule has 0 radical (unpaired) electrons. The fourth-order valence-corrected chi connectivity index (χ4v) is 6.70. The van der Waals surface area contributed by atoms with Crippen molar-refractivity contribution in [3.8, 4) is 0 Å². The van der Waals surface area contributed by atoms with E-state index in [0.29, 0.717) is 11.1 Å². The van der Waals surface area contributed by atoms with E-state index in [1.54, 1.807) is 53.9 Å². The lowest BCUT2D eigenvalue weighted by Gasteiger charge is -2.23. The summed E-state index contributed by atoms with van der Waals surface area (Å²) in [5.74, 6) is -0.469. The van der Waals surface area contributed by atoms with E-state index in [-0.39, 0.29) is 23.0 Å². The number of carbonyl (C=O) groups excluding carboxylic acids is 2. The zero-order valence-electron chi connectivity index (χ0n) is 19.9. The molecule has 2 aliphatic rings. The highest BCUT2D eigenvalue weighted by atomic mass is 32.2. The van der Waals surface area contributed by atoms with Gasteiger partial charge in [0.05, 0.1) is 22.7 Å². The normalized spacial score (nSPS) is 12.6. The molecule has 182 valence electrons. The summed E-state index contributed by atoms with van der Waals surface area (Å²) in [6.07, 6.45) is 0. The lowest BCUT2D eigenvalue weighted by Crippen LogP contribution is -2.14. The van der Waals surface area contributed by atoms with Crippen molar-refractivity contribution in [3.05, 3.63) is 126 Å². The maximum Gasteiger partial charge on any atom is 0.213 e. The molecular formula is C31H19N3O2S2. The Morgan fingerprint density at radius 1 is 0.500 bits per heavy atom. The van der Waals surface area contributed by atoms with E-state index < -0.39 is 0 Å². The third-order valence-corrected chi connectivity index (χ3v) is 8.76. The van der Waals surface area contributed by atoms with E-state index in [2.05, 4.69) is 27.8 Å². The number of anilines is 4. The molecule has 0 saturated heterocycles. The highest BCUT2D eigenvalue weighted by Gasteiger charge is 2.25. The first-order valence-electron chi connectivity index (χ1n) is 12.1. The average Bonchev–Trinajstić information content (AvgIpc) is 2.97. The molecule has 0 atom stereocenters. The number of nitrogens with zero attached hydrogens (tertiary/aromatic N) is 1. The SMILES string of the molecule is O=C(c1cccc(C(=O)c2cccc3c2Nc2ccccc2S3)n1)c1cccc2c1Nc1ccccc1S2. The third-order valence-electron chi connectivity index (χ3n) is 6.49. The number of hydrogen-bond acceptors (Lipinski definition) is 7. The van der Waals surface area contributed by atoms with Crippen molar-refractivity contribution in [3.63, 3.8) is 0 Å². The maximum absolute atomic E-state index is 13.7. The smallest absolute Gasteiger partial charge is 0.213 e. The van der Waals surface area contributed by atoms with Crippen LogP contribution in [0.2, 0.25) is 0 Å². The number of carbonyl (C=O) groups is 2. The highest BCUT2D eigenvalue weighted by Crippen LogP contribution is 2.47. The van der Waals surface area contributed by atoms with E-state index in [1.165, 1.54) is 0 Å². The summed E-state index contributed by atoms with van der Waals surface area (Å²) >= 11 is 3.25. The van der Waals surface area contributed by atoms with Crippen molar-refractivity contribution in [2.45, 2.75) is 19.6 Å². The summed E-state index contributed by atoms with van der Waals surface area (Å²) in [7, 11) is 0. The van der Waals surface area contributed by atoms with Gasteiger partial charge in [-0.05, 0) is 60.7 Å². The summed E-state index contributed by atoms with van der Waals surface area (Å²) in [6, 6.07) is 32.4. The van der Waals surface area contributed by atoms with Gasteiger partial charge >= 0.3 is 0 Å². The van der Waals surface area contributed by atoms with Crippen LogP contribution in [0.25, 0.3) is 0 Å². The Kier molecular flexibility index (Phi) is 5.53. The van der Waals surface area contributed by atoms with Gasteiger partial charge in [0.2, 0.25) is 11.6 Å². The van der Waals surface area contributed by atoms with Gasteiger partial charge in [0, 0.05) is 30.7 Å². The van der Waals surface area contributed by atoms with Crippen LogP contribution in [0, 0.1) is 0 Å². The zero-order valence-corrected chi connectivity index (χ0v) is 21.5. The van der Waals surface area contributed by atoms with Crippen LogP contribution in [0.15, 0.2) is 123 Å². The largest absolute Gasteiger partial charge is 0.353 e. The second-order valence-corrected chi connectivity index (χ2v) is 11.0. The standard InChI is InChI=1S/C31H19N3O2S2/c35-30(18-8-5-16-26-28(18)33-20-10-1-3-14-24(20)37-26)22-12-7-13-23(32-22)31(36)19-9-6-17-27-29(19)34-21-11-2-4-15-25(21)38-27/h1-17,33-34H. The van der Waals surface area contributed by atoms with Crippen LogP contribution in [0.5, 0.6) is 0 Å². The van der Waals surface area contributed by atoms with Crippen LogP contribution in [0.1, 0.15) is 32.1 Å². The summed E-state index contributed by atoms with van der Waals surface area (Å²) in [5, 5.41) is 6.84. The molecule has 5 nitrogen and oxygen atoms in total. The molecule has 1 aromatic heterocycles. The molecule has 7 heteroatoms. The van der Waals surface area contributed by atoms with Crippen LogP contribution < -0.4 is 10.6 Å². The zero-order chi connectivity index (χ0) is 25.6. The number of ketones is 2. The Bertz CT molecular complexity index is 1660. The van der Waals surface area contributed by atoms with E-state index in [1.807, 2.05) is 60.7 Å². The Morgan fingerprint density at radius 3 is 1.42 bits per heavy atom. The maximum atomic E-state index is 13.7. The molecule has 2 aliphatic heterocycles. The predicted octanol–water partition coefficient (Wildman–Crippen LogP) is 7.96. The summed E-state index contributed by atoms with van der Waals surface area (Å²) in [4.78, 5) is 36.1. The Labute approximate surface area is 227 Å². The topological polar surface area (TPSA) is 71.1 Å². The van der Waals surface area contributed by atoms with Crippen LogP contribution in [0.3, 0.4) is 0 Å². The van der Waals surface area contributed by atoms with Crippen LogP contribution in [-0.4, -0.2) is 16.6 Å².